The molecular formula is C12H15ClN6O2. The first-order chi connectivity index (χ1) is 10.2. The van der Waals surface area contributed by atoms with Gasteiger partial charge in [0, 0.05) is 5.02 Å². The number of nitrogens with one attached hydrogen (secondary N) is 2. The Morgan fingerprint density at radius 2 is 2.00 bits per heavy atom. The summed E-state index contributed by atoms with van der Waals surface area (Å²) in [6.45, 7) is 2.25. The van der Waals surface area contributed by atoms with Crippen LogP contribution in [0.4, 0.5) is 17.6 Å². The van der Waals surface area contributed by atoms with Crippen molar-refractivity contribution < 1.29 is 9.47 Å². The van der Waals surface area contributed by atoms with E-state index in [9.17, 15) is 0 Å². The fraction of sp³-hybridized carbons (Fsp3) is 0.250. The van der Waals surface area contributed by atoms with Gasteiger partial charge in [0.05, 0.1) is 19.4 Å². The number of hydrogen-bond donors (Lipinski definition) is 3. The van der Waals surface area contributed by atoms with E-state index in [1.165, 1.54) is 0 Å². The highest BCUT2D eigenvalue weighted by Crippen LogP contribution is 2.29. The maximum atomic E-state index is 5.97. The molecule has 0 amide bonds. The Morgan fingerprint density at radius 1 is 1.24 bits per heavy atom. The molecule has 0 aliphatic heterocycles. The van der Waals surface area contributed by atoms with Gasteiger partial charge in [-0.25, -0.2) is 5.84 Å². The van der Waals surface area contributed by atoms with Crippen LogP contribution in [0.5, 0.6) is 11.8 Å². The zero-order valence-corrected chi connectivity index (χ0v) is 12.3. The van der Waals surface area contributed by atoms with Crippen LogP contribution in [0, 0.1) is 0 Å². The van der Waals surface area contributed by atoms with Gasteiger partial charge in [0.15, 0.2) is 0 Å². The highest BCUT2D eigenvalue weighted by Gasteiger charge is 2.10. The van der Waals surface area contributed by atoms with E-state index in [-0.39, 0.29) is 17.9 Å². The third kappa shape index (κ3) is 3.83. The molecule has 1 heterocycles. The lowest BCUT2D eigenvalue weighted by Crippen LogP contribution is -2.13. The third-order valence-corrected chi connectivity index (χ3v) is 2.66. The molecule has 2 rings (SSSR count). The summed E-state index contributed by atoms with van der Waals surface area (Å²) < 4.78 is 10.5. The van der Waals surface area contributed by atoms with Crippen molar-refractivity contribution in [2.45, 2.75) is 6.92 Å². The summed E-state index contributed by atoms with van der Waals surface area (Å²) in [6, 6.07) is 5.30. The molecular weight excluding hydrogens is 296 g/mol. The number of rotatable bonds is 6. The molecule has 2 aromatic rings. The van der Waals surface area contributed by atoms with Crippen molar-refractivity contribution in [3.8, 4) is 11.8 Å². The molecule has 0 radical (unpaired) electrons. The molecule has 4 N–H and O–H groups in total. The first-order valence-electron chi connectivity index (χ1n) is 6.12. The average molecular weight is 311 g/mol. The van der Waals surface area contributed by atoms with Crippen LogP contribution < -0.4 is 26.1 Å². The van der Waals surface area contributed by atoms with E-state index < -0.39 is 0 Å². The Kier molecular flexibility index (Phi) is 4.96. The molecule has 21 heavy (non-hydrogen) atoms. The van der Waals surface area contributed by atoms with Crippen molar-refractivity contribution in [3.05, 3.63) is 23.2 Å². The topological polar surface area (TPSA) is 107 Å². The smallest absolute Gasteiger partial charge is 0.323 e. The minimum absolute atomic E-state index is 0.156. The fourth-order valence-electron chi connectivity index (χ4n) is 1.57. The Hall–Kier alpha value is -2.32. The maximum absolute atomic E-state index is 5.97. The molecule has 0 saturated carbocycles. The van der Waals surface area contributed by atoms with Gasteiger partial charge in [0.1, 0.15) is 5.75 Å². The summed E-state index contributed by atoms with van der Waals surface area (Å²) in [7, 11) is 1.56. The van der Waals surface area contributed by atoms with E-state index in [1.807, 2.05) is 6.92 Å². The predicted molar refractivity (Wildman–Crippen MR) is 80.1 cm³/mol. The molecule has 9 heteroatoms. The van der Waals surface area contributed by atoms with Crippen molar-refractivity contribution in [2.24, 2.45) is 5.84 Å². The van der Waals surface area contributed by atoms with Gasteiger partial charge in [-0.3, -0.25) is 5.43 Å². The number of nitrogens with two attached hydrogens (primary N) is 1. The number of nitrogens with zero attached hydrogens (tertiary/aromatic N) is 3. The van der Waals surface area contributed by atoms with Gasteiger partial charge in [-0.15, -0.1) is 0 Å². The molecule has 0 bridgehead atoms. The first kappa shape index (κ1) is 15.1. The number of hydrogen-bond acceptors (Lipinski definition) is 8. The molecule has 0 aliphatic carbocycles. The van der Waals surface area contributed by atoms with Crippen LogP contribution in [-0.4, -0.2) is 28.7 Å². The van der Waals surface area contributed by atoms with Crippen molar-refractivity contribution in [3.63, 3.8) is 0 Å². The third-order valence-electron chi connectivity index (χ3n) is 2.43. The van der Waals surface area contributed by atoms with Gasteiger partial charge < -0.3 is 14.8 Å². The molecule has 1 aromatic carbocycles. The van der Waals surface area contributed by atoms with Crippen LogP contribution in [0.25, 0.3) is 0 Å². The van der Waals surface area contributed by atoms with Gasteiger partial charge in [-0.1, -0.05) is 11.6 Å². The van der Waals surface area contributed by atoms with Gasteiger partial charge in [-0.05, 0) is 25.1 Å². The number of nitrogen functional groups attached to an aromatic ring is 1. The van der Waals surface area contributed by atoms with Gasteiger partial charge in [-0.2, -0.15) is 15.0 Å². The van der Waals surface area contributed by atoms with Crippen molar-refractivity contribution in [1.29, 1.82) is 0 Å². The number of anilines is 3. The van der Waals surface area contributed by atoms with Crippen LogP contribution in [0.2, 0.25) is 5.02 Å². The highest BCUT2D eigenvalue weighted by molar-refractivity contribution is 6.30. The van der Waals surface area contributed by atoms with Crippen LogP contribution in [0.15, 0.2) is 18.2 Å². The van der Waals surface area contributed by atoms with E-state index in [0.717, 1.165) is 0 Å². The highest BCUT2D eigenvalue weighted by atomic mass is 35.5. The summed E-state index contributed by atoms with van der Waals surface area (Å²) in [6.07, 6.45) is 0. The maximum Gasteiger partial charge on any atom is 0.323 e. The van der Waals surface area contributed by atoms with E-state index in [0.29, 0.717) is 23.1 Å². The lowest BCUT2D eigenvalue weighted by molar-refractivity contribution is 0.312. The van der Waals surface area contributed by atoms with Crippen molar-refractivity contribution in [2.75, 3.05) is 24.5 Å². The lowest BCUT2D eigenvalue weighted by atomic mass is 10.3. The molecule has 0 saturated heterocycles. The average Bonchev–Trinajstić information content (AvgIpc) is 2.47. The summed E-state index contributed by atoms with van der Waals surface area (Å²) in [4.78, 5) is 12.2. The number of ether oxygens (including phenoxy) is 2. The molecule has 0 aliphatic rings. The summed E-state index contributed by atoms with van der Waals surface area (Å²) in [5.74, 6) is 6.35. The van der Waals surface area contributed by atoms with Crippen molar-refractivity contribution >= 4 is 29.2 Å². The van der Waals surface area contributed by atoms with Gasteiger partial charge in [0.25, 0.3) is 0 Å². The summed E-state index contributed by atoms with van der Waals surface area (Å²) in [5, 5.41) is 3.54. The molecule has 8 nitrogen and oxygen atoms in total. The quantitative estimate of drug-likeness (QED) is 0.549. The molecule has 1 aromatic heterocycles. The number of hydrazine groups is 1. The second kappa shape index (κ2) is 6.91. The fourth-order valence-corrected chi connectivity index (χ4v) is 1.74. The van der Waals surface area contributed by atoms with Crippen LogP contribution >= 0.6 is 11.6 Å². The number of halogens is 1. The number of aromatic nitrogens is 3. The van der Waals surface area contributed by atoms with E-state index in [4.69, 9.17) is 26.9 Å². The standard InChI is InChI=1S/C12H15ClN6O2/c1-3-21-12-17-10(16-11(18-12)19-14)15-8-6-7(13)4-5-9(8)20-2/h4-6H,3,14H2,1-2H3,(H2,15,16,17,18,19). The minimum atomic E-state index is 0.156. The Labute approximate surface area is 126 Å². The molecule has 112 valence electrons. The minimum Gasteiger partial charge on any atom is -0.495 e. The van der Waals surface area contributed by atoms with E-state index in [2.05, 4.69) is 25.7 Å². The van der Waals surface area contributed by atoms with Gasteiger partial charge >= 0.3 is 6.01 Å². The molecule has 0 atom stereocenters. The van der Waals surface area contributed by atoms with E-state index in [1.54, 1.807) is 25.3 Å². The Morgan fingerprint density at radius 3 is 2.67 bits per heavy atom. The molecule has 0 fully saturated rings. The van der Waals surface area contributed by atoms with Crippen molar-refractivity contribution in [1.82, 2.24) is 15.0 Å². The second-order valence-electron chi connectivity index (χ2n) is 3.81. The molecule has 0 spiro atoms. The Bertz CT molecular complexity index is 625. The SMILES string of the molecule is CCOc1nc(NN)nc(Nc2cc(Cl)ccc2OC)n1. The zero-order valence-electron chi connectivity index (χ0n) is 11.6. The van der Waals surface area contributed by atoms with E-state index >= 15 is 0 Å². The normalized spacial score (nSPS) is 10.1. The lowest BCUT2D eigenvalue weighted by Gasteiger charge is -2.11. The number of methoxy groups -OCH3 is 1. The van der Waals surface area contributed by atoms with Crippen LogP contribution in [0.1, 0.15) is 6.92 Å². The largest absolute Gasteiger partial charge is 0.495 e. The summed E-state index contributed by atoms with van der Waals surface area (Å²) in [5.41, 5.74) is 2.97. The second-order valence-corrected chi connectivity index (χ2v) is 4.25. The summed E-state index contributed by atoms with van der Waals surface area (Å²) >= 11 is 5.97. The Balaban J connectivity index is 2.34. The number of benzene rings is 1. The van der Waals surface area contributed by atoms with Gasteiger partial charge in [0.2, 0.25) is 11.9 Å². The zero-order chi connectivity index (χ0) is 15.2. The first-order valence-corrected chi connectivity index (χ1v) is 6.50. The molecule has 0 unspecified atom stereocenters. The predicted octanol–water partition coefficient (Wildman–Crippen LogP) is 1.96. The van der Waals surface area contributed by atoms with Crippen LogP contribution in [0.3, 0.4) is 0 Å². The van der Waals surface area contributed by atoms with Crippen LogP contribution in [-0.2, 0) is 0 Å². The monoisotopic (exact) mass is 310 g/mol.